The van der Waals surface area contributed by atoms with Gasteiger partial charge in [-0.2, -0.15) is 0 Å². The van der Waals surface area contributed by atoms with Gasteiger partial charge < -0.3 is 19.7 Å². The summed E-state index contributed by atoms with van der Waals surface area (Å²) in [5.41, 5.74) is 0. The molecule has 0 spiro atoms. The topological polar surface area (TPSA) is 46.1 Å². The van der Waals surface area contributed by atoms with E-state index in [-0.39, 0.29) is 24.0 Å². The molecule has 0 aromatic heterocycles. The highest BCUT2D eigenvalue weighted by atomic mass is 127. The SMILES string of the molecule is CN=C(NCCOc1ccc2ccccc2c1)N1CC2C3CCC(O3)C2C1.I. The number of fused-ring (bicyclic) bond motifs is 6. The van der Waals surface area contributed by atoms with Crippen molar-refractivity contribution in [3.63, 3.8) is 0 Å². The second kappa shape index (κ2) is 8.45. The molecule has 150 valence electrons. The molecule has 3 saturated heterocycles. The Hall–Kier alpha value is -1.54. The quantitative estimate of drug-likeness (QED) is 0.307. The van der Waals surface area contributed by atoms with Crippen LogP contribution in [0.2, 0.25) is 0 Å². The van der Waals surface area contributed by atoms with E-state index in [1.54, 1.807) is 0 Å². The van der Waals surface area contributed by atoms with Gasteiger partial charge in [0.2, 0.25) is 0 Å². The smallest absolute Gasteiger partial charge is 0.193 e. The Labute approximate surface area is 183 Å². The number of hydrogen-bond acceptors (Lipinski definition) is 3. The Kier molecular flexibility index (Phi) is 5.96. The van der Waals surface area contributed by atoms with E-state index in [1.807, 2.05) is 13.1 Å². The third kappa shape index (κ3) is 3.68. The first-order chi connectivity index (χ1) is 13.3. The fourth-order valence-electron chi connectivity index (χ4n) is 5.05. The summed E-state index contributed by atoms with van der Waals surface area (Å²) in [5.74, 6) is 3.29. The van der Waals surface area contributed by atoms with Crippen LogP contribution in [0.5, 0.6) is 5.75 Å². The van der Waals surface area contributed by atoms with Crippen molar-refractivity contribution in [1.82, 2.24) is 10.2 Å². The van der Waals surface area contributed by atoms with Gasteiger partial charge in [0.15, 0.2) is 5.96 Å². The van der Waals surface area contributed by atoms with E-state index in [2.05, 4.69) is 51.6 Å². The molecule has 5 nitrogen and oxygen atoms in total. The minimum Gasteiger partial charge on any atom is -0.492 e. The lowest BCUT2D eigenvalue weighted by molar-refractivity contribution is 0.0767. The number of guanidine groups is 1. The molecule has 3 aliphatic rings. The van der Waals surface area contributed by atoms with Gasteiger partial charge >= 0.3 is 0 Å². The van der Waals surface area contributed by atoms with Crippen LogP contribution >= 0.6 is 24.0 Å². The van der Waals surface area contributed by atoms with Gasteiger partial charge in [-0.1, -0.05) is 30.3 Å². The number of rotatable bonds is 4. The van der Waals surface area contributed by atoms with Crippen LogP contribution in [-0.2, 0) is 4.74 Å². The van der Waals surface area contributed by atoms with E-state index in [9.17, 15) is 0 Å². The van der Waals surface area contributed by atoms with Crippen LogP contribution < -0.4 is 10.1 Å². The molecule has 4 unspecified atom stereocenters. The first kappa shape index (κ1) is 19.8. The normalized spacial score (nSPS) is 28.3. The summed E-state index contributed by atoms with van der Waals surface area (Å²) in [4.78, 5) is 6.89. The largest absolute Gasteiger partial charge is 0.492 e. The predicted octanol–water partition coefficient (Wildman–Crippen LogP) is 3.52. The molecule has 3 aliphatic heterocycles. The zero-order valence-electron chi connectivity index (χ0n) is 16.2. The maximum atomic E-state index is 6.07. The van der Waals surface area contributed by atoms with E-state index < -0.39 is 0 Å². The molecule has 3 heterocycles. The molecule has 0 aliphatic carbocycles. The van der Waals surface area contributed by atoms with Crippen LogP contribution in [-0.4, -0.2) is 56.4 Å². The van der Waals surface area contributed by atoms with Crippen molar-refractivity contribution in [2.45, 2.75) is 25.0 Å². The number of likely N-dealkylation sites (tertiary alicyclic amines) is 1. The zero-order valence-corrected chi connectivity index (χ0v) is 18.5. The van der Waals surface area contributed by atoms with Crippen molar-refractivity contribution in [3.05, 3.63) is 42.5 Å². The maximum absolute atomic E-state index is 6.07. The van der Waals surface area contributed by atoms with Gasteiger partial charge in [-0.15, -0.1) is 24.0 Å². The van der Waals surface area contributed by atoms with Gasteiger partial charge in [0.25, 0.3) is 0 Å². The fourth-order valence-corrected chi connectivity index (χ4v) is 5.05. The maximum Gasteiger partial charge on any atom is 0.193 e. The lowest BCUT2D eigenvalue weighted by Gasteiger charge is -2.23. The van der Waals surface area contributed by atoms with Gasteiger partial charge in [-0.05, 0) is 35.7 Å². The summed E-state index contributed by atoms with van der Waals surface area (Å²) >= 11 is 0. The molecular formula is C22H28IN3O2. The number of nitrogens with one attached hydrogen (secondary N) is 1. The molecule has 4 atom stereocenters. The minimum absolute atomic E-state index is 0. The van der Waals surface area contributed by atoms with Crippen LogP contribution in [0.15, 0.2) is 47.5 Å². The Morgan fingerprint density at radius 2 is 1.82 bits per heavy atom. The molecular weight excluding hydrogens is 465 g/mol. The number of benzene rings is 2. The lowest BCUT2D eigenvalue weighted by atomic mass is 9.82. The van der Waals surface area contributed by atoms with Crippen LogP contribution in [0.3, 0.4) is 0 Å². The Morgan fingerprint density at radius 1 is 1.11 bits per heavy atom. The number of halogens is 1. The zero-order chi connectivity index (χ0) is 18.2. The molecule has 0 radical (unpaired) electrons. The van der Waals surface area contributed by atoms with Crippen LogP contribution in [0.1, 0.15) is 12.8 Å². The Balaban J connectivity index is 0.00000192. The highest BCUT2D eigenvalue weighted by Crippen LogP contribution is 2.47. The summed E-state index contributed by atoms with van der Waals surface area (Å²) in [6.45, 7) is 3.50. The van der Waals surface area contributed by atoms with E-state index in [4.69, 9.17) is 9.47 Å². The summed E-state index contributed by atoms with van der Waals surface area (Å²) < 4.78 is 12.0. The number of aliphatic imine (C=N–C) groups is 1. The van der Waals surface area contributed by atoms with Crippen LogP contribution in [0, 0.1) is 11.8 Å². The molecule has 0 saturated carbocycles. The predicted molar refractivity (Wildman–Crippen MR) is 123 cm³/mol. The summed E-state index contributed by atoms with van der Waals surface area (Å²) in [6, 6.07) is 14.6. The van der Waals surface area contributed by atoms with Gasteiger partial charge in [-0.3, -0.25) is 4.99 Å². The molecule has 6 heteroatoms. The average molecular weight is 493 g/mol. The molecule has 0 amide bonds. The summed E-state index contributed by atoms with van der Waals surface area (Å²) in [7, 11) is 1.87. The molecule has 5 rings (SSSR count). The van der Waals surface area contributed by atoms with E-state index >= 15 is 0 Å². The monoisotopic (exact) mass is 493 g/mol. The highest BCUT2D eigenvalue weighted by Gasteiger charge is 2.53. The standard InChI is InChI=1S/C22H27N3O2.HI/c1-23-22(25-13-18-19(14-25)21-9-8-20(18)27-21)24-10-11-26-17-7-6-15-4-2-3-5-16(15)12-17;/h2-7,12,18-21H,8-11,13-14H2,1H3,(H,23,24);1H. The second-order valence-electron chi connectivity index (χ2n) is 7.85. The van der Waals surface area contributed by atoms with Crippen LogP contribution in [0.25, 0.3) is 10.8 Å². The van der Waals surface area contributed by atoms with Gasteiger partial charge in [0.05, 0.1) is 18.8 Å². The molecule has 2 aromatic rings. The molecule has 28 heavy (non-hydrogen) atoms. The average Bonchev–Trinajstić information content (AvgIpc) is 3.41. The number of hydrogen-bond donors (Lipinski definition) is 1. The van der Waals surface area contributed by atoms with Crippen molar-refractivity contribution in [1.29, 1.82) is 0 Å². The van der Waals surface area contributed by atoms with Crippen molar-refractivity contribution in [3.8, 4) is 5.75 Å². The first-order valence-electron chi connectivity index (χ1n) is 10.0. The Morgan fingerprint density at radius 3 is 2.54 bits per heavy atom. The second-order valence-corrected chi connectivity index (χ2v) is 7.85. The fraction of sp³-hybridized carbons (Fsp3) is 0.500. The van der Waals surface area contributed by atoms with E-state index in [1.165, 1.54) is 23.6 Å². The van der Waals surface area contributed by atoms with Crippen molar-refractivity contribution >= 4 is 40.7 Å². The molecule has 2 aromatic carbocycles. The molecule has 1 N–H and O–H groups in total. The van der Waals surface area contributed by atoms with E-state index in [0.717, 1.165) is 31.3 Å². The lowest BCUT2D eigenvalue weighted by Crippen LogP contribution is -2.42. The van der Waals surface area contributed by atoms with Gasteiger partial charge in [0, 0.05) is 32.0 Å². The minimum atomic E-state index is 0. The van der Waals surface area contributed by atoms with Crippen molar-refractivity contribution < 1.29 is 9.47 Å². The first-order valence-corrected chi connectivity index (χ1v) is 10.0. The van der Waals surface area contributed by atoms with E-state index in [0.29, 0.717) is 30.7 Å². The number of nitrogens with zero attached hydrogens (tertiary/aromatic N) is 2. The summed E-state index contributed by atoms with van der Waals surface area (Å²) in [5, 5.41) is 5.91. The third-order valence-corrected chi connectivity index (χ3v) is 6.34. The number of ether oxygens (including phenoxy) is 2. The molecule has 2 bridgehead atoms. The highest BCUT2D eigenvalue weighted by molar-refractivity contribution is 14.0. The summed E-state index contributed by atoms with van der Waals surface area (Å²) in [6.07, 6.45) is 3.45. The van der Waals surface area contributed by atoms with Crippen LogP contribution in [0.4, 0.5) is 0 Å². The third-order valence-electron chi connectivity index (χ3n) is 6.34. The molecule has 3 fully saturated rings. The van der Waals surface area contributed by atoms with Crippen molar-refractivity contribution in [2.24, 2.45) is 16.8 Å². The van der Waals surface area contributed by atoms with Gasteiger partial charge in [-0.25, -0.2) is 0 Å². The van der Waals surface area contributed by atoms with Crippen molar-refractivity contribution in [2.75, 3.05) is 33.3 Å². The van der Waals surface area contributed by atoms with Gasteiger partial charge in [0.1, 0.15) is 12.4 Å². The Bertz CT molecular complexity index is 841.